The molecule has 0 aliphatic rings. The zero-order valence-electron chi connectivity index (χ0n) is 9.76. The second kappa shape index (κ2) is 4.09. The third-order valence-electron chi connectivity index (χ3n) is 2.20. The van der Waals surface area contributed by atoms with Crippen molar-refractivity contribution in [3.63, 3.8) is 0 Å². The fourth-order valence-corrected chi connectivity index (χ4v) is 1.65. The Labute approximate surface area is 85.7 Å². The molecule has 0 bridgehead atoms. The zero-order chi connectivity index (χ0) is 10.8. The highest BCUT2D eigenvalue weighted by molar-refractivity contribution is 4.89. The number of aryl methyl sites for hydroxylation is 2. The van der Waals surface area contributed by atoms with Crippen LogP contribution >= 0.6 is 0 Å². The van der Waals surface area contributed by atoms with E-state index in [1.54, 1.807) is 0 Å². The molecule has 0 saturated carbocycles. The minimum Gasteiger partial charge on any atom is -0.319 e. The molecule has 1 aromatic heterocycles. The van der Waals surface area contributed by atoms with Gasteiger partial charge in [-0.25, -0.2) is 9.67 Å². The molecule has 4 nitrogen and oxygen atoms in total. The topological polar surface area (TPSA) is 42.7 Å². The summed E-state index contributed by atoms with van der Waals surface area (Å²) in [4.78, 5) is 4.29. The van der Waals surface area contributed by atoms with Gasteiger partial charge in [0.05, 0.1) is 0 Å². The maximum atomic E-state index is 4.36. The predicted octanol–water partition coefficient (Wildman–Crippen LogP) is 1.14. The smallest absolute Gasteiger partial charge is 0.147 e. The quantitative estimate of drug-likeness (QED) is 0.785. The highest BCUT2D eigenvalue weighted by Gasteiger charge is 2.19. The molecule has 4 heteroatoms. The Morgan fingerprint density at radius 3 is 2.43 bits per heavy atom. The lowest BCUT2D eigenvalue weighted by atomic mass is 9.93. The average Bonchev–Trinajstić information content (AvgIpc) is 2.28. The monoisotopic (exact) mass is 196 g/mol. The van der Waals surface area contributed by atoms with Crippen LogP contribution in [0.25, 0.3) is 0 Å². The first-order chi connectivity index (χ1) is 6.44. The summed E-state index contributed by atoms with van der Waals surface area (Å²) >= 11 is 0. The molecule has 1 N–H and O–H groups in total. The Bertz CT molecular complexity index is 301. The second-order valence-corrected chi connectivity index (χ2v) is 4.56. The van der Waals surface area contributed by atoms with E-state index in [1.165, 1.54) is 0 Å². The van der Waals surface area contributed by atoms with Crippen molar-refractivity contribution in [2.75, 3.05) is 13.6 Å². The van der Waals surface area contributed by atoms with Gasteiger partial charge in [-0.15, -0.1) is 0 Å². The van der Waals surface area contributed by atoms with Crippen LogP contribution in [-0.4, -0.2) is 28.4 Å². The van der Waals surface area contributed by atoms with Crippen molar-refractivity contribution in [2.24, 2.45) is 5.41 Å². The standard InChI is InChI=1S/C10H20N4/c1-8-12-9(2)14(13-8)7-10(3,4)6-11-5/h11H,6-7H2,1-5H3. The van der Waals surface area contributed by atoms with Gasteiger partial charge in [-0.05, 0) is 26.3 Å². The first-order valence-corrected chi connectivity index (χ1v) is 4.97. The van der Waals surface area contributed by atoms with E-state index in [9.17, 15) is 0 Å². The Hall–Kier alpha value is -0.900. The van der Waals surface area contributed by atoms with Crippen LogP contribution in [0.2, 0.25) is 0 Å². The van der Waals surface area contributed by atoms with Gasteiger partial charge in [-0.3, -0.25) is 0 Å². The summed E-state index contributed by atoms with van der Waals surface area (Å²) < 4.78 is 1.98. The summed E-state index contributed by atoms with van der Waals surface area (Å²) in [7, 11) is 1.97. The van der Waals surface area contributed by atoms with Gasteiger partial charge in [0, 0.05) is 13.1 Å². The Kier molecular flexibility index (Phi) is 3.26. The van der Waals surface area contributed by atoms with Crippen molar-refractivity contribution < 1.29 is 0 Å². The molecule has 0 radical (unpaired) electrons. The van der Waals surface area contributed by atoms with Crippen LogP contribution in [0.4, 0.5) is 0 Å². The first kappa shape index (κ1) is 11.2. The fourth-order valence-electron chi connectivity index (χ4n) is 1.65. The van der Waals surface area contributed by atoms with Crippen LogP contribution in [0.15, 0.2) is 0 Å². The van der Waals surface area contributed by atoms with Crippen LogP contribution in [-0.2, 0) is 6.54 Å². The van der Waals surface area contributed by atoms with Crippen LogP contribution in [0, 0.1) is 19.3 Å². The third kappa shape index (κ3) is 2.80. The van der Waals surface area contributed by atoms with Crippen molar-refractivity contribution in [2.45, 2.75) is 34.2 Å². The van der Waals surface area contributed by atoms with Gasteiger partial charge < -0.3 is 5.32 Å². The van der Waals surface area contributed by atoms with E-state index >= 15 is 0 Å². The van der Waals surface area contributed by atoms with Crippen molar-refractivity contribution in [1.29, 1.82) is 0 Å². The normalized spacial score (nSPS) is 12.1. The molecule has 1 heterocycles. The number of nitrogens with zero attached hydrogens (tertiary/aromatic N) is 3. The van der Waals surface area contributed by atoms with E-state index in [0.717, 1.165) is 24.7 Å². The summed E-state index contributed by atoms with van der Waals surface area (Å²) in [6, 6.07) is 0. The Balaban J connectivity index is 2.72. The summed E-state index contributed by atoms with van der Waals surface area (Å²) in [6.45, 7) is 10.2. The molecule has 0 amide bonds. The van der Waals surface area contributed by atoms with Crippen LogP contribution in [0.3, 0.4) is 0 Å². The van der Waals surface area contributed by atoms with E-state index in [2.05, 4.69) is 29.2 Å². The molecule has 0 aromatic carbocycles. The van der Waals surface area contributed by atoms with Gasteiger partial charge in [0.1, 0.15) is 11.6 Å². The maximum Gasteiger partial charge on any atom is 0.147 e. The van der Waals surface area contributed by atoms with Gasteiger partial charge in [0.25, 0.3) is 0 Å². The van der Waals surface area contributed by atoms with Gasteiger partial charge in [-0.1, -0.05) is 13.8 Å². The summed E-state index contributed by atoms with van der Waals surface area (Å²) in [5.74, 6) is 1.84. The molecule has 14 heavy (non-hydrogen) atoms. The second-order valence-electron chi connectivity index (χ2n) is 4.56. The highest BCUT2D eigenvalue weighted by atomic mass is 15.3. The molecule has 1 rings (SSSR count). The van der Waals surface area contributed by atoms with E-state index in [-0.39, 0.29) is 5.41 Å². The first-order valence-electron chi connectivity index (χ1n) is 4.97. The lowest BCUT2D eigenvalue weighted by Gasteiger charge is -2.24. The molecule has 0 atom stereocenters. The van der Waals surface area contributed by atoms with Gasteiger partial charge in [0.2, 0.25) is 0 Å². The summed E-state index contributed by atoms with van der Waals surface area (Å²) in [5, 5.41) is 7.55. The predicted molar refractivity (Wildman–Crippen MR) is 57.2 cm³/mol. The van der Waals surface area contributed by atoms with Crippen molar-refractivity contribution in [3.8, 4) is 0 Å². The molecule has 0 aliphatic heterocycles. The molecule has 0 fully saturated rings. The van der Waals surface area contributed by atoms with Crippen molar-refractivity contribution in [3.05, 3.63) is 11.6 Å². The largest absolute Gasteiger partial charge is 0.319 e. The van der Waals surface area contributed by atoms with Crippen LogP contribution in [0.5, 0.6) is 0 Å². The molecule has 0 saturated heterocycles. The molecule has 0 spiro atoms. The van der Waals surface area contributed by atoms with Crippen molar-refractivity contribution in [1.82, 2.24) is 20.1 Å². The minimum atomic E-state index is 0.208. The van der Waals surface area contributed by atoms with Crippen molar-refractivity contribution >= 4 is 0 Å². The average molecular weight is 196 g/mol. The summed E-state index contributed by atoms with van der Waals surface area (Å²) in [5.41, 5.74) is 0.208. The third-order valence-corrected chi connectivity index (χ3v) is 2.20. The van der Waals surface area contributed by atoms with E-state index in [4.69, 9.17) is 0 Å². The lowest BCUT2D eigenvalue weighted by molar-refractivity contribution is 0.280. The fraction of sp³-hybridized carbons (Fsp3) is 0.800. The minimum absolute atomic E-state index is 0.208. The lowest BCUT2D eigenvalue weighted by Crippen LogP contribution is -2.31. The molecule has 80 valence electrons. The molecular weight excluding hydrogens is 176 g/mol. The summed E-state index contributed by atoms with van der Waals surface area (Å²) in [6.07, 6.45) is 0. The van der Waals surface area contributed by atoms with Gasteiger partial charge >= 0.3 is 0 Å². The van der Waals surface area contributed by atoms with E-state index in [1.807, 2.05) is 25.6 Å². The SMILES string of the molecule is CNCC(C)(C)Cn1nc(C)nc1C. The highest BCUT2D eigenvalue weighted by Crippen LogP contribution is 2.16. The molecule has 0 aliphatic carbocycles. The van der Waals surface area contributed by atoms with Crippen LogP contribution < -0.4 is 5.32 Å². The number of aromatic nitrogens is 3. The maximum absolute atomic E-state index is 4.36. The number of hydrogen-bond acceptors (Lipinski definition) is 3. The number of hydrogen-bond donors (Lipinski definition) is 1. The zero-order valence-corrected chi connectivity index (χ0v) is 9.76. The van der Waals surface area contributed by atoms with Crippen LogP contribution in [0.1, 0.15) is 25.5 Å². The van der Waals surface area contributed by atoms with Gasteiger partial charge in [0.15, 0.2) is 0 Å². The Morgan fingerprint density at radius 1 is 1.36 bits per heavy atom. The molecule has 0 unspecified atom stereocenters. The number of nitrogens with one attached hydrogen (secondary N) is 1. The Morgan fingerprint density at radius 2 is 2.00 bits per heavy atom. The van der Waals surface area contributed by atoms with E-state index in [0.29, 0.717) is 0 Å². The molecular formula is C10H20N4. The van der Waals surface area contributed by atoms with Gasteiger partial charge in [-0.2, -0.15) is 5.10 Å². The molecule has 1 aromatic rings. The van der Waals surface area contributed by atoms with E-state index < -0.39 is 0 Å². The number of rotatable bonds is 4.